The predicted molar refractivity (Wildman–Crippen MR) is 76.5 cm³/mol. The number of nitrogen functional groups attached to an aromatic ring is 3. The molecule has 0 unspecified atom stereocenters. The van der Waals surface area contributed by atoms with Crippen LogP contribution in [-0.4, -0.2) is 4.57 Å². The Morgan fingerprint density at radius 3 is 2.39 bits per heavy atom. The molecule has 0 saturated carbocycles. The average Bonchev–Trinajstić information content (AvgIpc) is 2.66. The molecular weight excluding hydrogens is 224 g/mol. The zero-order valence-corrected chi connectivity index (χ0v) is 9.80. The highest BCUT2D eigenvalue weighted by Gasteiger charge is 2.10. The van der Waals surface area contributed by atoms with Gasteiger partial charge in [0.2, 0.25) is 0 Å². The summed E-state index contributed by atoms with van der Waals surface area (Å²) in [4.78, 5) is 0. The Bertz CT molecular complexity index is 728. The molecule has 0 radical (unpaired) electrons. The van der Waals surface area contributed by atoms with Crippen LogP contribution in [-0.2, 0) is 0 Å². The largest absolute Gasteiger partial charge is 0.399 e. The SMILES string of the molecule is Nc1ccc(-n2c(N)cc3ccccc32)c(N)c1. The molecule has 2 aromatic carbocycles. The van der Waals surface area contributed by atoms with Crippen LogP contribution in [0, 0.1) is 0 Å². The number of para-hydroxylation sites is 1. The summed E-state index contributed by atoms with van der Waals surface area (Å²) >= 11 is 0. The molecule has 90 valence electrons. The van der Waals surface area contributed by atoms with E-state index in [4.69, 9.17) is 17.2 Å². The van der Waals surface area contributed by atoms with E-state index in [0.717, 1.165) is 16.6 Å². The van der Waals surface area contributed by atoms with E-state index in [0.29, 0.717) is 17.2 Å². The highest BCUT2D eigenvalue weighted by molar-refractivity contribution is 5.88. The van der Waals surface area contributed by atoms with Crippen LogP contribution in [0.4, 0.5) is 17.2 Å². The fourth-order valence-electron chi connectivity index (χ4n) is 2.22. The second-order valence-corrected chi connectivity index (χ2v) is 4.28. The lowest BCUT2D eigenvalue weighted by Gasteiger charge is -2.11. The number of aromatic nitrogens is 1. The summed E-state index contributed by atoms with van der Waals surface area (Å²) in [5, 5.41) is 1.09. The Morgan fingerprint density at radius 1 is 0.833 bits per heavy atom. The van der Waals surface area contributed by atoms with Gasteiger partial charge in [-0.3, -0.25) is 4.57 Å². The van der Waals surface area contributed by atoms with Crippen LogP contribution in [0.15, 0.2) is 48.5 Å². The van der Waals surface area contributed by atoms with Gasteiger partial charge in [0, 0.05) is 11.1 Å². The van der Waals surface area contributed by atoms with E-state index in [-0.39, 0.29) is 0 Å². The molecular formula is C14H14N4. The lowest BCUT2D eigenvalue weighted by Crippen LogP contribution is -2.03. The quantitative estimate of drug-likeness (QED) is 0.569. The Morgan fingerprint density at radius 2 is 1.61 bits per heavy atom. The number of hydrogen-bond acceptors (Lipinski definition) is 3. The smallest absolute Gasteiger partial charge is 0.109 e. The van der Waals surface area contributed by atoms with E-state index in [2.05, 4.69) is 0 Å². The first kappa shape index (κ1) is 10.5. The van der Waals surface area contributed by atoms with Crippen LogP contribution < -0.4 is 17.2 Å². The third kappa shape index (κ3) is 1.47. The summed E-state index contributed by atoms with van der Waals surface area (Å²) in [5.41, 5.74) is 20.9. The van der Waals surface area contributed by atoms with Gasteiger partial charge in [-0.05, 0) is 30.3 Å². The summed E-state index contributed by atoms with van der Waals surface area (Å²) in [7, 11) is 0. The Labute approximate surface area is 105 Å². The molecule has 1 heterocycles. The van der Waals surface area contributed by atoms with Crippen molar-refractivity contribution >= 4 is 28.1 Å². The van der Waals surface area contributed by atoms with E-state index in [1.54, 1.807) is 6.07 Å². The molecule has 4 nitrogen and oxygen atoms in total. The lowest BCUT2D eigenvalue weighted by atomic mass is 10.2. The van der Waals surface area contributed by atoms with Crippen molar-refractivity contribution in [3.05, 3.63) is 48.5 Å². The van der Waals surface area contributed by atoms with E-state index in [1.807, 2.05) is 47.0 Å². The molecule has 0 aliphatic carbocycles. The van der Waals surface area contributed by atoms with Crippen LogP contribution >= 0.6 is 0 Å². The van der Waals surface area contributed by atoms with E-state index in [1.165, 1.54) is 0 Å². The second kappa shape index (κ2) is 3.70. The molecule has 0 atom stereocenters. The van der Waals surface area contributed by atoms with Crippen molar-refractivity contribution < 1.29 is 0 Å². The number of fused-ring (bicyclic) bond motifs is 1. The average molecular weight is 238 g/mol. The van der Waals surface area contributed by atoms with Crippen molar-refractivity contribution in [3.63, 3.8) is 0 Å². The summed E-state index contributed by atoms with van der Waals surface area (Å²) in [6.45, 7) is 0. The maximum atomic E-state index is 6.07. The molecule has 0 amide bonds. The molecule has 0 spiro atoms. The number of rotatable bonds is 1. The van der Waals surface area contributed by atoms with Crippen molar-refractivity contribution in [2.45, 2.75) is 0 Å². The van der Waals surface area contributed by atoms with Gasteiger partial charge in [0.1, 0.15) is 5.82 Å². The molecule has 1 aromatic heterocycles. The first-order valence-electron chi connectivity index (χ1n) is 5.68. The van der Waals surface area contributed by atoms with Gasteiger partial charge in [-0.15, -0.1) is 0 Å². The van der Waals surface area contributed by atoms with Crippen molar-refractivity contribution in [2.24, 2.45) is 0 Å². The molecule has 3 aromatic rings. The van der Waals surface area contributed by atoms with Crippen LogP contribution in [0.2, 0.25) is 0 Å². The highest BCUT2D eigenvalue weighted by atomic mass is 15.1. The van der Waals surface area contributed by atoms with Crippen LogP contribution in [0.1, 0.15) is 0 Å². The Hall–Kier alpha value is -2.62. The molecule has 3 rings (SSSR count). The minimum absolute atomic E-state index is 0.614. The molecule has 4 heteroatoms. The standard InChI is InChI=1S/C14H14N4/c15-10-5-6-13(11(16)8-10)18-12-4-2-1-3-9(12)7-14(18)17/h1-8H,15-17H2. The number of nitrogens with zero attached hydrogens (tertiary/aromatic N) is 1. The van der Waals surface area contributed by atoms with Gasteiger partial charge in [0.25, 0.3) is 0 Å². The third-order valence-electron chi connectivity index (χ3n) is 3.03. The summed E-state index contributed by atoms with van der Waals surface area (Å²) in [6, 6.07) is 15.4. The molecule has 0 saturated heterocycles. The van der Waals surface area contributed by atoms with Crippen molar-refractivity contribution in [1.29, 1.82) is 0 Å². The van der Waals surface area contributed by atoms with Crippen molar-refractivity contribution in [1.82, 2.24) is 4.57 Å². The van der Waals surface area contributed by atoms with Crippen molar-refractivity contribution in [2.75, 3.05) is 17.2 Å². The second-order valence-electron chi connectivity index (χ2n) is 4.28. The van der Waals surface area contributed by atoms with Gasteiger partial charge in [-0.25, -0.2) is 0 Å². The zero-order valence-electron chi connectivity index (χ0n) is 9.80. The Kier molecular flexibility index (Phi) is 2.16. The molecule has 0 aliphatic rings. The molecule has 0 aliphatic heterocycles. The lowest BCUT2D eigenvalue weighted by molar-refractivity contribution is 1.14. The summed E-state index contributed by atoms with van der Waals surface area (Å²) in [5.74, 6) is 0.660. The summed E-state index contributed by atoms with van der Waals surface area (Å²) in [6.07, 6.45) is 0. The zero-order chi connectivity index (χ0) is 12.7. The van der Waals surface area contributed by atoms with Gasteiger partial charge >= 0.3 is 0 Å². The number of anilines is 3. The maximum Gasteiger partial charge on any atom is 0.109 e. The fraction of sp³-hybridized carbons (Fsp3) is 0. The van der Waals surface area contributed by atoms with Crippen LogP contribution in [0.25, 0.3) is 16.6 Å². The minimum atomic E-state index is 0.614. The van der Waals surface area contributed by atoms with Crippen LogP contribution in [0.5, 0.6) is 0 Å². The topological polar surface area (TPSA) is 83.0 Å². The first-order valence-corrected chi connectivity index (χ1v) is 5.68. The van der Waals surface area contributed by atoms with Gasteiger partial charge in [-0.2, -0.15) is 0 Å². The normalized spacial score (nSPS) is 10.9. The van der Waals surface area contributed by atoms with E-state index < -0.39 is 0 Å². The molecule has 6 N–H and O–H groups in total. The molecule has 18 heavy (non-hydrogen) atoms. The maximum absolute atomic E-state index is 6.07. The van der Waals surface area contributed by atoms with Gasteiger partial charge in [-0.1, -0.05) is 18.2 Å². The van der Waals surface area contributed by atoms with E-state index >= 15 is 0 Å². The van der Waals surface area contributed by atoms with Gasteiger partial charge < -0.3 is 17.2 Å². The fourth-order valence-corrected chi connectivity index (χ4v) is 2.22. The van der Waals surface area contributed by atoms with Gasteiger partial charge in [0.15, 0.2) is 0 Å². The third-order valence-corrected chi connectivity index (χ3v) is 3.03. The molecule has 0 bridgehead atoms. The number of hydrogen-bond donors (Lipinski definition) is 3. The monoisotopic (exact) mass is 238 g/mol. The summed E-state index contributed by atoms with van der Waals surface area (Å²) < 4.78 is 1.93. The Balaban J connectivity index is 2.34. The van der Waals surface area contributed by atoms with Crippen molar-refractivity contribution in [3.8, 4) is 5.69 Å². The number of nitrogens with two attached hydrogens (primary N) is 3. The van der Waals surface area contributed by atoms with Gasteiger partial charge in [0.05, 0.1) is 16.9 Å². The highest BCUT2D eigenvalue weighted by Crippen LogP contribution is 2.29. The predicted octanol–water partition coefficient (Wildman–Crippen LogP) is 2.38. The first-order chi connectivity index (χ1) is 8.66. The minimum Gasteiger partial charge on any atom is -0.399 e. The number of benzene rings is 2. The van der Waals surface area contributed by atoms with E-state index in [9.17, 15) is 0 Å². The molecule has 0 fully saturated rings. The van der Waals surface area contributed by atoms with Crippen LogP contribution in [0.3, 0.4) is 0 Å².